The maximum atomic E-state index is 4.41. The number of hydrogen-bond acceptors (Lipinski definition) is 1. The van der Waals surface area contributed by atoms with Crippen LogP contribution in [0.5, 0.6) is 0 Å². The minimum absolute atomic E-state index is 0. The van der Waals surface area contributed by atoms with Gasteiger partial charge in [0.05, 0.1) is 5.52 Å². The summed E-state index contributed by atoms with van der Waals surface area (Å²) in [4.78, 5) is 4.41. The van der Waals surface area contributed by atoms with Crippen molar-refractivity contribution in [2.45, 2.75) is 0 Å². The Morgan fingerprint density at radius 3 is 2.47 bits per heavy atom. The molecule has 0 N–H and O–H groups in total. The molecule has 0 amide bonds. The van der Waals surface area contributed by atoms with E-state index in [0.717, 1.165) is 5.52 Å². The molecule has 0 aliphatic heterocycles. The molecule has 0 unspecified atom stereocenters. The van der Waals surface area contributed by atoms with Gasteiger partial charge >= 0.3 is 10.1 Å². The Morgan fingerprint density at radius 1 is 0.800 bits per heavy atom. The van der Waals surface area contributed by atoms with Crippen LogP contribution >= 0.6 is 0 Å². The largest absolute Gasteiger partial charge is 2.00 e. The summed E-state index contributed by atoms with van der Waals surface area (Å²) in [5.41, 5.74) is 1.09. The van der Waals surface area contributed by atoms with E-state index in [1.165, 1.54) is 16.2 Å². The van der Waals surface area contributed by atoms with Gasteiger partial charge in [0, 0.05) is 17.0 Å². The van der Waals surface area contributed by atoms with Crippen molar-refractivity contribution in [3.63, 3.8) is 0 Å². The SMILES string of the molecule is [Be+2].[H-].[H-].c1ccc2c(c1)ccc1cccnc12. The van der Waals surface area contributed by atoms with Crippen molar-refractivity contribution < 1.29 is 2.85 Å². The van der Waals surface area contributed by atoms with Gasteiger partial charge in [-0.1, -0.05) is 42.5 Å². The van der Waals surface area contributed by atoms with Crippen LogP contribution in [-0.2, 0) is 0 Å². The van der Waals surface area contributed by atoms with Crippen LogP contribution in [0.15, 0.2) is 54.7 Å². The van der Waals surface area contributed by atoms with E-state index in [0.29, 0.717) is 0 Å². The zero-order valence-electron chi connectivity index (χ0n) is 10.4. The van der Waals surface area contributed by atoms with E-state index in [1.54, 1.807) is 0 Å². The van der Waals surface area contributed by atoms with E-state index in [1.807, 2.05) is 12.3 Å². The van der Waals surface area contributed by atoms with E-state index in [2.05, 4.69) is 47.4 Å². The summed E-state index contributed by atoms with van der Waals surface area (Å²) >= 11 is 0. The summed E-state index contributed by atoms with van der Waals surface area (Å²) in [7, 11) is 0. The van der Waals surface area contributed by atoms with Gasteiger partial charge in [0.25, 0.3) is 0 Å². The van der Waals surface area contributed by atoms with E-state index >= 15 is 0 Å². The van der Waals surface area contributed by atoms with Crippen molar-refractivity contribution in [1.29, 1.82) is 0 Å². The van der Waals surface area contributed by atoms with Crippen LogP contribution in [0.25, 0.3) is 21.7 Å². The predicted molar refractivity (Wildman–Crippen MR) is 67.2 cm³/mol. The molecular formula is C13H11BeN. The van der Waals surface area contributed by atoms with Gasteiger partial charge in [-0.2, -0.15) is 0 Å². The molecule has 2 aromatic carbocycles. The average molecular weight is 190 g/mol. The fraction of sp³-hybridized carbons (Fsp3) is 0. The third-order valence-electron chi connectivity index (χ3n) is 2.50. The van der Waals surface area contributed by atoms with Crippen LogP contribution in [0, 0.1) is 0 Å². The average Bonchev–Trinajstić information content (AvgIpc) is 2.29. The van der Waals surface area contributed by atoms with Crippen LogP contribution in [-0.4, -0.2) is 15.1 Å². The summed E-state index contributed by atoms with van der Waals surface area (Å²) in [5.74, 6) is 0. The second kappa shape index (κ2) is 3.80. The number of pyridine rings is 1. The zero-order chi connectivity index (χ0) is 9.38. The smallest absolute Gasteiger partial charge is 1.00 e. The molecule has 0 aliphatic carbocycles. The van der Waals surface area contributed by atoms with Gasteiger partial charge in [0.2, 0.25) is 0 Å². The molecule has 0 spiro atoms. The molecule has 0 saturated carbocycles. The number of aromatic nitrogens is 1. The summed E-state index contributed by atoms with van der Waals surface area (Å²) < 4.78 is 0. The van der Waals surface area contributed by atoms with Crippen LogP contribution in [0.1, 0.15) is 2.85 Å². The van der Waals surface area contributed by atoms with Crippen molar-refractivity contribution in [3.8, 4) is 0 Å². The predicted octanol–water partition coefficient (Wildman–Crippen LogP) is 3.23. The van der Waals surface area contributed by atoms with Gasteiger partial charge in [-0.05, 0) is 11.5 Å². The Bertz CT molecular complexity index is 558. The van der Waals surface area contributed by atoms with E-state index in [-0.39, 0.29) is 13.0 Å². The molecule has 0 radical (unpaired) electrons. The van der Waals surface area contributed by atoms with Gasteiger partial charge in [0.1, 0.15) is 0 Å². The zero-order valence-corrected chi connectivity index (χ0v) is 8.35. The van der Waals surface area contributed by atoms with E-state index in [9.17, 15) is 0 Å². The fourth-order valence-corrected chi connectivity index (χ4v) is 1.81. The van der Waals surface area contributed by atoms with Crippen molar-refractivity contribution in [2.24, 2.45) is 0 Å². The second-order valence-corrected chi connectivity index (χ2v) is 3.36. The van der Waals surface area contributed by atoms with Gasteiger partial charge in [-0.3, -0.25) is 4.98 Å². The molecule has 1 aromatic heterocycles. The first-order valence-electron chi connectivity index (χ1n) is 4.68. The molecule has 1 nitrogen and oxygen atoms in total. The van der Waals surface area contributed by atoms with Crippen LogP contribution in [0.2, 0.25) is 0 Å². The molecule has 1 heterocycles. The molecule has 15 heavy (non-hydrogen) atoms. The Kier molecular flexibility index (Phi) is 2.49. The first kappa shape index (κ1) is 9.82. The number of hydrogen-bond donors (Lipinski definition) is 0. The Hall–Kier alpha value is -1.72. The summed E-state index contributed by atoms with van der Waals surface area (Å²) in [5, 5.41) is 3.68. The topological polar surface area (TPSA) is 12.9 Å². The molecule has 0 atom stereocenters. The number of benzene rings is 2. The third kappa shape index (κ3) is 1.51. The minimum Gasteiger partial charge on any atom is -1.00 e. The number of fused-ring (bicyclic) bond motifs is 3. The summed E-state index contributed by atoms with van der Waals surface area (Å²) in [6.45, 7) is 0. The Morgan fingerprint density at radius 2 is 1.53 bits per heavy atom. The normalized spacial score (nSPS) is 10.1. The molecule has 0 saturated heterocycles. The van der Waals surface area contributed by atoms with Gasteiger partial charge in [-0.15, -0.1) is 0 Å². The maximum Gasteiger partial charge on any atom is 2.00 e. The van der Waals surface area contributed by atoms with E-state index < -0.39 is 0 Å². The quantitative estimate of drug-likeness (QED) is 0.392. The molecule has 2 heteroatoms. The van der Waals surface area contributed by atoms with Crippen LogP contribution in [0.4, 0.5) is 0 Å². The van der Waals surface area contributed by atoms with Crippen LogP contribution < -0.4 is 0 Å². The van der Waals surface area contributed by atoms with Crippen LogP contribution in [0.3, 0.4) is 0 Å². The molecule has 70 valence electrons. The van der Waals surface area contributed by atoms with Gasteiger partial charge in [-0.25, -0.2) is 0 Å². The minimum atomic E-state index is 0. The van der Waals surface area contributed by atoms with Gasteiger partial charge < -0.3 is 2.85 Å². The number of rotatable bonds is 0. The molecule has 3 rings (SSSR count). The van der Waals surface area contributed by atoms with Crippen molar-refractivity contribution in [3.05, 3.63) is 54.7 Å². The molecule has 0 aliphatic rings. The standard InChI is InChI=1S/C13H9N.Be.2H/c1-2-6-12-10(4-1)7-8-11-5-3-9-14-13(11)12;;;/h1-9H;;;/q;+2;2*-1. The molecule has 0 fully saturated rings. The first-order valence-corrected chi connectivity index (χ1v) is 4.68. The number of nitrogens with zero attached hydrogens (tertiary/aromatic N) is 1. The first-order chi connectivity index (χ1) is 6.95. The van der Waals surface area contributed by atoms with Gasteiger partial charge in [0.15, 0.2) is 0 Å². The second-order valence-electron chi connectivity index (χ2n) is 3.36. The summed E-state index contributed by atoms with van der Waals surface area (Å²) in [6, 6.07) is 16.7. The summed E-state index contributed by atoms with van der Waals surface area (Å²) in [6.07, 6.45) is 1.84. The molecule has 3 aromatic rings. The van der Waals surface area contributed by atoms with Crippen molar-refractivity contribution in [2.75, 3.05) is 0 Å². The van der Waals surface area contributed by atoms with E-state index in [4.69, 9.17) is 0 Å². The van der Waals surface area contributed by atoms with Crippen molar-refractivity contribution in [1.82, 2.24) is 4.98 Å². The molecular weight excluding hydrogens is 179 g/mol. The Balaban J connectivity index is 0.000000853. The fourth-order valence-electron chi connectivity index (χ4n) is 1.81. The third-order valence-corrected chi connectivity index (χ3v) is 2.50. The maximum absolute atomic E-state index is 4.41. The monoisotopic (exact) mass is 190 g/mol. The van der Waals surface area contributed by atoms with Crippen molar-refractivity contribution >= 4 is 31.8 Å². The molecule has 0 bridgehead atoms. The Labute approximate surface area is 94.9 Å².